The molecule has 1 saturated heterocycles. The van der Waals surface area contributed by atoms with E-state index in [1.807, 2.05) is 0 Å². The highest BCUT2D eigenvalue weighted by molar-refractivity contribution is 6.61. The van der Waals surface area contributed by atoms with Crippen LogP contribution in [0.5, 0.6) is 0 Å². The summed E-state index contributed by atoms with van der Waals surface area (Å²) in [7, 11) is -1.24. The van der Waals surface area contributed by atoms with Gasteiger partial charge in [-0.3, -0.25) is 4.98 Å². The molecule has 2 heterocycles. The second-order valence-electron chi connectivity index (χ2n) is 5.19. The molecule has 104 valence electrons. The van der Waals surface area contributed by atoms with Crippen LogP contribution in [0, 0.1) is 0 Å². The first kappa shape index (κ1) is 6.10. The lowest BCUT2D eigenvalue weighted by atomic mass is 9.85. The molecule has 2 rings (SSSR count). The largest absolute Gasteiger partial charge is 0.516 e. The zero-order valence-corrected chi connectivity index (χ0v) is 11.2. The third kappa shape index (κ3) is 2.60. The van der Waals surface area contributed by atoms with Crippen LogP contribution in [0.15, 0.2) is 12.3 Å². The van der Waals surface area contributed by atoms with Crippen LogP contribution in [0.4, 0.5) is 5.82 Å². The maximum Gasteiger partial charge on any atom is 0.516 e. The summed E-state index contributed by atoms with van der Waals surface area (Å²) in [6.45, 7) is -3.12. The van der Waals surface area contributed by atoms with Crippen LogP contribution in [-0.4, -0.2) is 41.8 Å². The molecule has 19 heavy (non-hydrogen) atoms. The van der Waals surface area contributed by atoms with Gasteiger partial charge in [0.05, 0.1) is 25.7 Å². The van der Waals surface area contributed by atoms with Crippen molar-refractivity contribution in [2.75, 3.05) is 18.4 Å². The maximum atomic E-state index is 7.99. The monoisotopic (exact) mass is 273 g/mol. The maximum absolute atomic E-state index is 7.99. The van der Waals surface area contributed by atoms with Crippen LogP contribution < -0.4 is 10.5 Å². The SMILES string of the molecule is [2H]c1nc([2H])c(N(C([2H])([2H])[2H])C([2H])([2H])C([2H])([2H])[2H])nc1B1OC(C)(C)C(C)(C)O1. The van der Waals surface area contributed by atoms with Gasteiger partial charge in [-0.25, -0.2) is 4.98 Å². The van der Waals surface area contributed by atoms with E-state index in [9.17, 15) is 0 Å². The predicted octanol–water partition coefficient (Wildman–Crippen LogP) is 1.23. The average molecular weight is 273 g/mol. The van der Waals surface area contributed by atoms with Crippen molar-refractivity contribution in [3.05, 3.63) is 12.3 Å². The minimum absolute atomic E-state index is 0.0868. The number of hydrogen-bond donors (Lipinski definition) is 0. The second-order valence-corrected chi connectivity index (χ2v) is 5.19. The topological polar surface area (TPSA) is 47.5 Å². The fourth-order valence-corrected chi connectivity index (χ4v) is 1.51. The molecule has 1 fully saturated rings. The Balaban J connectivity index is 2.66. The Morgan fingerprint density at radius 3 is 2.63 bits per heavy atom. The molecule has 0 radical (unpaired) electrons. The van der Waals surface area contributed by atoms with Gasteiger partial charge >= 0.3 is 7.12 Å². The van der Waals surface area contributed by atoms with Gasteiger partial charge in [0.25, 0.3) is 0 Å². The van der Waals surface area contributed by atoms with Gasteiger partial charge in [0.15, 0.2) is 0 Å². The van der Waals surface area contributed by atoms with Gasteiger partial charge in [-0.05, 0) is 34.5 Å². The van der Waals surface area contributed by atoms with Crippen molar-refractivity contribution in [2.45, 2.75) is 45.7 Å². The molecule has 1 aromatic rings. The summed E-state index contributed by atoms with van der Waals surface area (Å²) in [6, 6.07) is 0. The molecule has 0 bridgehead atoms. The van der Waals surface area contributed by atoms with Crippen LogP contribution in [-0.2, 0) is 9.31 Å². The van der Waals surface area contributed by atoms with Crippen LogP contribution >= 0.6 is 0 Å². The van der Waals surface area contributed by atoms with Gasteiger partial charge in [0.1, 0.15) is 5.82 Å². The highest BCUT2D eigenvalue weighted by atomic mass is 16.7. The normalized spacial score (nSPS) is 30.4. The Morgan fingerprint density at radius 1 is 1.37 bits per heavy atom. The third-order valence-electron chi connectivity index (χ3n) is 3.35. The highest BCUT2D eigenvalue weighted by Crippen LogP contribution is 2.36. The molecule has 0 aliphatic carbocycles. The molecular formula is C13H22BN3O2. The van der Waals surface area contributed by atoms with E-state index in [0.29, 0.717) is 0 Å². The van der Waals surface area contributed by atoms with E-state index in [-0.39, 0.29) is 10.5 Å². The standard InChI is InChI=1S/C13H22BN3O2/c1-7-17(6)11-9-15-8-10(16-11)14-18-12(2,3)13(4,5)19-14/h8-9H,7H2,1-6H3/i1D3,6D3,7D2,8D,9D. The zero-order chi connectivity index (χ0) is 22.8. The highest BCUT2D eigenvalue weighted by Gasteiger charge is 2.52. The van der Waals surface area contributed by atoms with Gasteiger partial charge in [-0.1, -0.05) is 0 Å². The van der Waals surface area contributed by atoms with Crippen molar-refractivity contribution in [1.82, 2.24) is 9.97 Å². The lowest BCUT2D eigenvalue weighted by Gasteiger charge is -2.32. The van der Waals surface area contributed by atoms with Crippen molar-refractivity contribution in [1.29, 1.82) is 0 Å². The Labute approximate surface area is 129 Å². The summed E-state index contributed by atoms with van der Waals surface area (Å²) in [6.07, 6.45) is -1.39. The fraction of sp³-hybridized carbons (Fsp3) is 0.692. The molecule has 0 N–H and O–H groups in total. The van der Waals surface area contributed by atoms with Crippen molar-refractivity contribution < 1.29 is 23.0 Å². The molecule has 0 unspecified atom stereocenters. The summed E-state index contributed by atoms with van der Waals surface area (Å²) < 4.78 is 88.3. The van der Waals surface area contributed by atoms with E-state index in [2.05, 4.69) is 9.97 Å². The predicted molar refractivity (Wildman–Crippen MR) is 76.7 cm³/mol. The number of nitrogens with zero attached hydrogens (tertiary/aromatic N) is 3. The first-order valence-corrected chi connectivity index (χ1v) is 5.73. The van der Waals surface area contributed by atoms with Crippen molar-refractivity contribution in [3.8, 4) is 0 Å². The molecule has 0 saturated carbocycles. The Bertz CT molecular complexity index is 780. The number of rotatable bonds is 3. The van der Waals surface area contributed by atoms with E-state index in [1.165, 1.54) is 0 Å². The molecule has 0 spiro atoms. The molecule has 0 atom stereocenters. The summed E-state index contributed by atoms with van der Waals surface area (Å²) in [5.41, 5.74) is -1.92. The molecule has 1 aliphatic heterocycles. The van der Waals surface area contributed by atoms with E-state index in [4.69, 9.17) is 23.0 Å². The minimum atomic E-state index is -3.40. The van der Waals surface area contributed by atoms with Gasteiger partial charge in [-0.15, -0.1) is 0 Å². The summed E-state index contributed by atoms with van der Waals surface area (Å²) in [5.74, 6) is -0.855. The zero-order valence-electron chi connectivity index (χ0n) is 21.2. The summed E-state index contributed by atoms with van der Waals surface area (Å²) in [5, 5.41) is 0. The molecule has 1 aromatic heterocycles. The fourth-order valence-electron chi connectivity index (χ4n) is 1.51. The summed E-state index contributed by atoms with van der Waals surface area (Å²) in [4.78, 5) is 7.45. The Kier molecular flexibility index (Phi) is 1.53. The van der Waals surface area contributed by atoms with E-state index in [0.717, 1.165) is 0 Å². The van der Waals surface area contributed by atoms with Gasteiger partial charge in [0.2, 0.25) is 0 Å². The number of aromatic nitrogens is 2. The number of hydrogen-bond acceptors (Lipinski definition) is 5. The molecule has 0 amide bonds. The minimum Gasteiger partial charge on any atom is -0.398 e. The first-order chi connectivity index (χ1) is 12.7. The van der Waals surface area contributed by atoms with Gasteiger partial charge < -0.3 is 14.2 Å². The van der Waals surface area contributed by atoms with Crippen LogP contribution in [0.2, 0.25) is 0 Å². The lowest BCUT2D eigenvalue weighted by Crippen LogP contribution is -2.41. The molecule has 0 aromatic carbocycles. The van der Waals surface area contributed by atoms with Crippen LogP contribution in [0.25, 0.3) is 0 Å². The quantitative estimate of drug-likeness (QED) is 0.775. The lowest BCUT2D eigenvalue weighted by molar-refractivity contribution is 0.00578. The average Bonchev–Trinajstić information content (AvgIpc) is 2.67. The van der Waals surface area contributed by atoms with Gasteiger partial charge in [-0.2, -0.15) is 0 Å². The Hall–Kier alpha value is -1.14. The molecule has 5 nitrogen and oxygen atoms in total. The van der Waals surface area contributed by atoms with E-state index >= 15 is 0 Å². The third-order valence-corrected chi connectivity index (χ3v) is 3.35. The smallest absolute Gasteiger partial charge is 0.398 e. The van der Waals surface area contributed by atoms with Crippen molar-refractivity contribution in [2.24, 2.45) is 0 Å². The molecular weight excluding hydrogens is 241 g/mol. The van der Waals surface area contributed by atoms with Gasteiger partial charge in [0, 0.05) is 30.6 Å². The van der Waals surface area contributed by atoms with E-state index < -0.39 is 56.8 Å². The Morgan fingerprint density at radius 2 is 2.05 bits per heavy atom. The van der Waals surface area contributed by atoms with Crippen molar-refractivity contribution >= 4 is 18.5 Å². The summed E-state index contributed by atoms with van der Waals surface area (Å²) >= 11 is 0. The number of anilines is 1. The van der Waals surface area contributed by atoms with Crippen LogP contribution in [0.1, 0.15) is 48.3 Å². The van der Waals surface area contributed by atoms with Crippen molar-refractivity contribution in [3.63, 3.8) is 0 Å². The second kappa shape index (κ2) is 4.76. The first-order valence-electron chi connectivity index (χ1n) is 10.7. The molecule has 1 aliphatic rings. The van der Waals surface area contributed by atoms with Crippen LogP contribution in [0.3, 0.4) is 0 Å². The molecule has 6 heteroatoms. The van der Waals surface area contributed by atoms with E-state index in [1.54, 1.807) is 27.7 Å².